The van der Waals surface area contributed by atoms with Gasteiger partial charge in [-0.2, -0.15) is 0 Å². The molecule has 1 aromatic carbocycles. The highest BCUT2D eigenvalue weighted by molar-refractivity contribution is 5.85. The zero-order valence-corrected chi connectivity index (χ0v) is 16.6. The number of halogens is 1. The standard InChI is InChI=1S/C20H21N5.ClH.H2O/c1-12-6-5-7-15(23-12)18-17(24-19(25-18)20(2,3)4)13-8-9-14-16(10-13)22-11-21-14;;/h5-11H,1-4H3,(H,21,22)(H,24,25);1H;1H2. The third-order valence-corrected chi connectivity index (χ3v) is 4.25. The van der Waals surface area contributed by atoms with Crippen LogP contribution >= 0.6 is 12.4 Å². The summed E-state index contributed by atoms with van der Waals surface area (Å²) in [6.07, 6.45) is 1.71. The summed E-state index contributed by atoms with van der Waals surface area (Å²) in [5, 5.41) is 0. The van der Waals surface area contributed by atoms with Crippen LogP contribution in [0.5, 0.6) is 0 Å². The highest BCUT2D eigenvalue weighted by Gasteiger charge is 2.23. The van der Waals surface area contributed by atoms with Gasteiger partial charge in [-0.25, -0.2) is 9.97 Å². The van der Waals surface area contributed by atoms with Crippen LogP contribution in [0.4, 0.5) is 0 Å². The summed E-state index contributed by atoms with van der Waals surface area (Å²) < 4.78 is 0. The highest BCUT2D eigenvalue weighted by Crippen LogP contribution is 2.33. The molecule has 0 aliphatic heterocycles. The first-order valence-electron chi connectivity index (χ1n) is 8.40. The molecule has 4 aromatic rings. The van der Waals surface area contributed by atoms with Crippen LogP contribution in [-0.4, -0.2) is 30.4 Å². The van der Waals surface area contributed by atoms with E-state index in [1.807, 2.05) is 31.2 Å². The number of rotatable bonds is 2. The van der Waals surface area contributed by atoms with E-state index in [0.717, 1.165) is 45.2 Å². The van der Waals surface area contributed by atoms with Gasteiger partial charge in [-0.05, 0) is 31.2 Å². The summed E-state index contributed by atoms with van der Waals surface area (Å²) in [4.78, 5) is 20.6. The first-order chi connectivity index (χ1) is 11.9. The van der Waals surface area contributed by atoms with E-state index in [1.165, 1.54) is 0 Å². The minimum atomic E-state index is -0.0761. The van der Waals surface area contributed by atoms with E-state index < -0.39 is 0 Å². The van der Waals surface area contributed by atoms with Crippen LogP contribution in [0.2, 0.25) is 0 Å². The second-order valence-electron chi connectivity index (χ2n) is 7.36. The minimum Gasteiger partial charge on any atom is -0.412 e. The molecule has 0 saturated carbocycles. The number of fused-ring (bicyclic) bond motifs is 1. The average molecular weight is 386 g/mol. The summed E-state index contributed by atoms with van der Waals surface area (Å²) in [6, 6.07) is 12.2. The number of nitrogens with one attached hydrogen (secondary N) is 2. The van der Waals surface area contributed by atoms with Crippen LogP contribution in [0, 0.1) is 6.92 Å². The van der Waals surface area contributed by atoms with E-state index in [2.05, 4.69) is 52.8 Å². The van der Waals surface area contributed by atoms with E-state index >= 15 is 0 Å². The van der Waals surface area contributed by atoms with Gasteiger partial charge in [0.25, 0.3) is 0 Å². The van der Waals surface area contributed by atoms with Crippen LogP contribution in [0.1, 0.15) is 32.3 Å². The van der Waals surface area contributed by atoms with Crippen LogP contribution in [0.3, 0.4) is 0 Å². The van der Waals surface area contributed by atoms with E-state index in [9.17, 15) is 0 Å². The van der Waals surface area contributed by atoms with E-state index in [1.54, 1.807) is 6.33 Å². The van der Waals surface area contributed by atoms with Crippen molar-refractivity contribution >= 4 is 23.4 Å². The maximum atomic E-state index is 4.92. The number of hydrogen-bond acceptors (Lipinski definition) is 3. The fourth-order valence-electron chi connectivity index (χ4n) is 2.88. The second-order valence-corrected chi connectivity index (χ2v) is 7.36. The van der Waals surface area contributed by atoms with Crippen LogP contribution in [0.25, 0.3) is 33.7 Å². The first-order valence-corrected chi connectivity index (χ1v) is 8.40. The van der Waals surface area contributed by atoms with Crippen LogP contribution < -0.4 is 0 Å². The van der Waals surface area contributed by atoms with E-state index in [0.29, 0.717) is 0 Å². The van der Waals surface area contributed by atoms with Gasteiger partial charge in [0.1, 0.15) is 5.82 Å². The van der Waals surface area contributed by atoms with Gasteiger partial charge in [0.05, 0.1) is 34.4 Å². The quantitative estimate of drug-likeness (QED) is 0.540. The maximum Gasteiger partial charge on any atom is 0.112 e. The molecule has 7 heteroatoms. The zero-order chi connectivity index (χ0) is 17.6. The fourth-order valence-corrected chi connectivity index (χ4v) is 2.88. The summed E-state index contributed by atoms with van der Waals surface area (Å²) in [7, 11) is 0. The lowest BCUT2D eigenvalue weighted by Crippen LogP contribution is -2.13. The Morgan fingerprint density at radius 2 is 1.78 bits per heavy atom. The molecule has 0 bridgehead atoms. The third kappa shape index (κ3) is 3.86. The Balaban J connectivity index is 0.00000131. The molecule has 0 amide bonds. The number of imidazole rings is 2. The number of H-pyrrole nitrogens is 2. The molecule has 0 aliphatic carbocycles. The molecule has 0 spiro atoms. The summed E-state index contributed by atoms with van der Waals surface area (Å²) in [5.74, 6) is 0.947. The number of aryl methyl sites for hydroxylation is 1. The second kappa shape index (κ2) is 7.50. The van der Waals surface area contributed by atoms with Crippen molar-refractivity contribution in [1.82, 2.24) is 24.9 Å². The summed E-state index contributed by atoms with van der Waals surface area (Å²) in [6.45, 7) is 8.46. The number of hydrogen-bond donors (Lipinski definition) is 2. The van der Waals surface area contributed by atoms with Crippen molar-refractivity contribution < 1.29 is 5.48 Å². The normalized spacial score (nSPS) is 11.1. The molecule has 6 nitrogen and oxygen atoms in total. The molecule has 27 heavy (non-hydrogen) atoms. The van der Waals surface area contributed by atoms with Crippen LogP contribution in [-0.2, 0) is 5.41 Å². The Morgan fingerprint density at radius 3 is 2.48 bits per heavy atom. The number of aromatic nitrogens is 5. The molecule has 4 rings (SSSR count). The molecule has 142 valence electrons. The number of nitrogens with zero attached hydrogens (tertiary/aromatic N) is 3. The third-order valence-electron chi connectivity index (χ3n) is 4.25. The van der Waals surface area contributed by atoms with Gasteiger partial charge < -0.3 is 15.4 Å². The van der Waals surface area contributed by atoms with Crippen molar-refractivity contribution in [1.29, 1.82) is 0 Å². The zero-order valence-electron chi connectivity index (χ0n) is 15.8. The lowest BCUT2D eigenvalue weighted by molar-refractivity contribution is 0.553. The fraction of sp³-hybridized carbons (Fsp3) is 0.250. The predicted molar refractivity (Wildman–Crippen MR) is 111 cm³/mol. The minimum absolute atomic E-state index is 0. The van der Waals surface area contributed by atoms with Crippen molar-refractivity contribution in [2.45, 2.75) is 33.1 Å². The lowest BCUT2D eigenvalue weighted by atomic mass is 9.96. The molecule has 0 fully saturated rings. The molecule has 0 aliphatic rings. The Bertz CT molecular complexity index is 1060. The van der Waals surface area contributed by atoms with Crippen molar-refractivity contribution in [3.05, 3.63) is 54.2 Å². The Morgan fingerprint density at radius 1 is 1.00 bits per heavy atom. The van der Waals surface area contributed by atoms with Gasteiger partial charge in [0.15, 0.2) is 0 Å². The van der Waals surface area contributed by atoms with E-state index in [-0.39, 0.29) is 23.3 Å². The molecule has 4 N–H and O–H groups in total. The maximum absolute atomic E-state index is 4.92. The molecule has 0 radical (unpaired) electrons. The summed E-state index contributed by atoms with van der Waals surface area (Å²) in [5.41, 5.74) is 6.65. The monoisotopic (exact) mass is 385 g/mol. The molecule has 0 saturated heterocycles. The van der Waals surface area contributed by atoms with Gasteiger partial charge >= 0.3 is 0 Å². The number of benzene rings is 1. The smallest absolute Gasteiger partial charge is 0.112 e. The molecular formula is C20H24ClN5O. The molecule has 3 aromatic heterocycles. The van der Waals surface area contributed by atoms with Crippen molar-refractivity contribution in [3.63, 3.8) is 0 Å². The van der Waals surface area contributed by atoms with Crippen molar-refractivity contribution in [3.8, 4) is 22.6 Å². The SMILES string of the molecule is Cc1cccc(-c2[nH]c(C(C)(C)C)nc2-c2ccc3[nH]cnc3c2)n1.Cl.O. The van der Waals surface area contributed by atoms with Gasteiger partial charge in [0.2, 0.25) is 0 Å². The van der Waals surface area contributed by atoms with Gasteiger partial charge in [-0.1, -0.05) is 32.9 Å². The Labute approximate surface area is 164 Å². The van der Waals surface area contributed by atoms with Gasteiger partial charge in [-0.3, -0.25) is 4.98 Å². The first kappa shape index (κ1) is 20.6. The summed E-state index contributed by atoms with van der Waals surface area (Å²) >= 11 is 0. The Kier molecular flexibility index (Phi) is 5.73. The highest BCUT2D eigenvalue weighted by atomic mass is 35.5. The largest absolute Gasteiger partial charge is 0.412 e. The van der Waals surface area contributed by atoms with Crippen molar-refractivity contribution in [2.75, 3.05) is 0 Å². The van der Waals surface area contributed by atoms with Gasteiger partial charge in [0, 0.05) is 16.7 Å². The average Bonchev–Trinajstić information content (AvgIpc) is 3.20. The molecule has 0 atom stereocenters. The van der Waals surface area contributed by atoms with Crippen molar-refractivity contribution in [2.24, 2.45) is 0 Å². The van der Waals surface area contributed by atoms with Crippen LogP contribution in [0.15, 0.2) is 42.7 Å². The lowest BCUT2D eigenvalue weighted by Gasteiger charge is -2.14. The van der Waals surface area contributed by atoms with Gasteiger partial charge in [-0.15, -0.1) is 12.4 Å². The Hall–Kier alpha value is -2.70. The van der Waals surface area contributed by atoms with E-state index in [4.69, 9.17) is 4.98 Å². The number of pyridine rings is 1. The molecular weight excluding hydrogens is 362 g/mol. The topological polar surface area (TPSA) is 102 Å². The predicted octanol–water partition coefficient (Wildman–Crippen LogP) is 4.22. The molecule has 0 unspecified atom stereocenters. The number of aromatic amines is 2. The molecule has 3 heterocycles.